The van der Waals surface area contributed by atoms with Gasteiger partial charge in [0, 0.05) is 26.2 Å². The summed E-state index contributed by atoms with van der Waals surface area (Å²) in [5, 5.41) is 9.77. The molecule has 1 unspecified atom stereocenters. The van der Waals surface area contributed by atoms with E-state index in [0.717, 1.165) is 12.8 Å². The fourth-order valence-corrected chi connectivity index (χ4v) is 2.81. The quantitative estimate of drug-likeness (QED) is 0.618. The number of hydrogen-bond donors (Lipinski definition) is 1. The normalized spacial score (nSPS) is 19.7. The number of unbranched alkanes of at least 4 members (excludes halogenated alkanes) is 3. The lowest BCUT2D eigenvalue weighted by Crippen LogP contribution is -2.46. The van der Waals surface area contributed by atoms with Gasteiger partial charge in [0.25, 0.3) is 0 Å². The van der Waals surface area contributed by atoms with Crippen LogP contribution in [0.2, 0.25) is 0 Å². The first-order chi connectivity index (χ1) is 9.26. The van der Waals surface area contributed by atoms with Crippen LogP contribution in [-0.4, -0.2) is 60.3 Å². The Balaban J connectivity index is 1.91. The molecule has 3 nitrogen and oxygen atoms in total. The zero-order valence-corrected chi connectivity index (χ0v) is 13.1. The van der Waals surface area contributed by atoms with Crippen molar-refractivity contribution >= 4 is 0 Å². The Morgan fingerprint density at radius 2 is 1.47 bits per heavy atom. The van der Waals surface area contributed by atoms with E-state index in [0.29, 0.717) is 0 Å². The zero-order chi connectivity index (χ0) is 13.9. The molecular weight excluding hydrogens is 236 g/mol. The molecule has 19 heavy (non-hydrogen) atoms. The summed E-state index contributed by atoms with van der Waals surface area (Å²) < 4.78 is 0. The number of hydrogen-bond acceptors (Lipinski definition) is 3. The molecule has 1 heterocycles. The number of likely N-dealkylation sites (N-methyl/N-ethyl adjacent to an activating group) is 1. The Bertz CT molecular complexity index is 203. The molecule has 1 N–H and O–H groups in total. The maximum absolute atomic E-state index is 9.77. The van der Waals surface area contributed by atoms with Gasteiger partial charge in [-0.05, 0) is 32.4 Å². The largest absolute Gasteiger partial charge is 0.393 e. The molecule has 1 saturated heterocycles. The van der Waals surface area contributed by atoms with Crippen LogP contribution in [0.4, 0.5) is 0 Å². The van der Waals surface area contributed by atoms with Gasteiger partial charge in [0.15, 0.2) is 0 Å². The first-order valence-corrected chi connectivity index (χ1v) is 8.39. The fraction of sp³-hybridized carbons (Fsp3) is 1.00. The molecule has 0 bridgehead atoms. The highest BCUT2D eigenvalue weighted by molar-refractivity contribution is 4.70. The molecule has 0 aromatic rings. The van der Waals surface area contributed by atoms with Gasteiger partial charge in [-0.25, -0.2) is 0 Å². The zero-order valence-electron chi connectivity index (χ0n) is 13.1. The van der Waals surface area contributed by atoms with Crippen LogP contribution in [-0.2, 0) is 0 Å². The molecule has 1 aliphatic heterocycles. The minimum atomic E-state index is -0.0481. The van der Waals surface area contributed by atoms with E-state index < -0.39 is 0 Å². The molecule has 0 aromatic carbocycles. The van der Waals surface area contributed by atoms with Gasteiger partial charge in [-0.2, -0.15) is 0 Å². The summed E-state index contributed by atoms with van der Waals surface area (Å²) in [7, 11) is 0. The SMILES string of the molecule is CCCCC(O)CCCCCN1CCN(CC)CC1. The third kappa shape index (κ3) is 7.91. The van der Waals surface area contributed by atoms with Crippen molar-refractivity contribution in [3.05, 3.63) is 0 Å². The summed E-state index contributed by atoms with van der Waals surface area (Å²) >= 11 is 0. The Hall–Kier alpha value is -0.120. The van der Waals surface area contributed by atoms with Gasteiger partial charge in [0.05, 0.1) is 6.10 Å². The van der Waals surface area contributed by atoms with Crippen molar-refractivity contribution in [2.24, 2.45) is 0 Å². The van der Waals surface area contributed by atoms with Gasteiger partial charge in [-0.1, -0.05) is 39.5 Å². The fourth-order valence-electron chi connectivity index (χ4n) is 2.81. The van der Waals surface area contributed by atoms with Crippen molar-refractivity contribution < 1.29 is 5.11 Å². The minimum absolute atomic E-state index is 0.0481. The number of piperazine rings is 1. The van der Waals surface area contributed by atoms with E-state index in [1.165, 1.54) is 71.4 Å². The summed E-state index contributed by atoms with van der Waals surface area (Å²) in [5.74, 6) is 0. The highest BCUT2D eigenvalue weighted by Crippen LogP contribution is 2.10. The second-order valence-corrected chi connectivity index (χ2v) is 5.92. The van der Waals surface area contributed by atoms with Crippen molar-refractivity contribution in [3.63, 3.8) is 0 Å². The third-order valence-corrected chi connectivity index (χ3v) is 4.31. The van der Waals surface area contributed by atoms with E-state index in [4.69, 9.17) is 0 Å². The molecule has 0 amide bonds. The molecule has 1 fully saturated rings. The summed E-state index contributed by atoms with van der Waals surface area (Å²) in [6, 6.07) is 0. The van der Waals surface area contributed by atoms with Crippen LogP contribution in [0.15, 0.2) is 0 Å². The Labute approximate surface area is 120 Å². The van der Waals surface area contributed by atoms with Crippen molar-refractivity contribution in [1.82, 2.24) is 9.80 Å². The summed E-state index contributed by atoms with van der Waals surface area (Å²) in [4.78, 5) is 5.13. The van der Waals surface area contributed by atoms with Crippen molar-refractivity contribution in [1.29, 1.82) is 0 Å². The minimum Gasteiger partial charge on any atom is -0.393 e. The van der Waals surface area contributed by atoms with Crippen LogP contribution >= 0.6 is 0 Å². The van der Waals surface area contributed by atoms with Crippen LogP contribution in [0.5, 0.6) is 0 Å². The predicted octanol–water partition coefficient (Wildman–Crippen LogP) is 2.74. The third-order valence-electron chi connectivity index (χ3n) is 4.31. The van der Waals surface area contributed by atoms with Gasteiger partial charge < -0.3 is 14.9 Å². The van der Waals surface area contributed by atoms with Crippen LogP contribution in [0, 0.1) is 0 Å². The van der Waals surface area contributed by atoms with Gasteiger partial charge in [0.1, 0.15) is 0 Å². The lowest BCUT2D eigenvalue weighted by molar-refractivity contribution is 0.132. The van der Waals surface area contributed by atoms with E-state index in [2.05, 4.69) is 23.6 Å². The van der Waals surface area contributed by atoms with Crippen molar-refractivity contribution in [2.45, 2.75) is 64.9 Å². The first-order valence-electron chi connectivity index (χ1n) is 8.39. The van der Waals surface area contributed by atoms with Gasteiger partial charge in [0.2, 0.25) is 0 Å². The van der Waals surface area contributed by atoms with E-state index in [9.17, 15) is 5.11 Å². The van der Waals surface area contributed by atoms with Gasteiger partial charge in [-0.3, -0.25) is 0 Å². The van der Waals surface area contributed by atoms with Crippen molar-refractivity contribution in [2.75, 3.05) is 39.3 Å². The van der Waals surface area contributed by atoms with Crippen LogP contribution < -0.4 is 0 Å². The predicted molar refractivity (Wildman–Crippen MR) is 82.6 cm³/mol. The van der Waals surface area contributed by atoms with Crippen LogP contribution in [0.1, 0.15) is 58.8 Å². The molecule has 0 radical (unpaired) electrons. The first kappa shape index (κ1) is 16.9. The molecule has 0 aromatic heterocycles. The molecule has 0 aliphatic carbocycles. The van der Waals surface area contributed by atoms with E-state index in [1.807, 2.05) is 0 Å². The Morgan fingerprint density at radius 3 is 2.11 bits per heavy atom. The monoisotopic (exact) mass is 270 g/mol. The number of aliphatic hydroxyl groups excluding tert-OH is 1. The lowest BCUT2D eigenvalue weighted by atomic mass is 10.1. The average Bonchev–Trinajstić information content (AvgIpc) is 2.45. The summed E-state index contributed by atoms with van der Waals surface area (Å²) in [6.45, 7) is 11.9. The van der Waals surface area contributed by atoms with E-state index >= 15 is 0 Å². The maximum Gasteiger partial charge on any atom is 0.0540 e. The molecule has 1 rings (SSSR count). The van der Waals surface area contributed by atoms with Gasteiger partial charge >= 0.3 is 0 Å². The second-order valence-electron chi connectivity index (χ2n) is 5.92. The van der Waals surface area contributed by atoms with E-state index in [-0.39, 0.29) is 6.10 Å². The summed E-state index contributed by atoms with van der Waals surface area (Å²) in [6.07, 6.45) is 8.08. The topological polar surface area (TPSA) is 26.7 Å². The van der Waals surface area contributed by atoms with E-state index in [1.54, 1.807) is 0 Å². The smallest absolute Gasteiger partial charge is 0.0540 e. The Morgan fingerprint density at radius 1 is 0.842 bits per heavy atom. The molecule has 1 atom stereocenters. The van der Waals surface area contributed by atoms with Gasteiger partial charge in [-0.15, -0.1) is 0 Å². The average molecular weight is 270 g/mol. The molecule has 114 valence electrons. The molecule has 1 aliphatic rings. The number of aliphatic hydroxyl groups is 1. The molecule has 0 spiro atoms. The number of nitrogens with zero attached hydrogens (tertiary/aromatic N) is 2. The second kappa shape index (κ2) is 10.6. The maximum atomic E-state index is 9.77. The Kier molecular flexibility index (Phi) is 9.48. The number of rotatable bonds is 10. The van der Waals surface area contributed by atoms with Crippen molar-refractivity contribution in [3.8, 4) is 0 Å². The molecule has 0 saturated carbocycles. The van der Waals surface area contributed by atoms with Crippen LogP contribution in [0.3, 0.4) is 0 Å². The standard InChI is InChI=1S/C16H34N2O/c1-3-5-9-16(19)10-7-6-8-11-18-14-12-17(4-2)13-15-18/h16,19H,3-15H2,1-2H3. The molecular formula is C16H34N2O. The highest BCUT2D eigenvalue weighted by atomic mass is 16.3. The van der Waals surface area contributed by atoms with Crippen LogP contribution in [0.25, 0.3) is 0 Å². The summed E-state index contributed by atoms with van der Waals surface area (Å²) in [5.41, 5.74) is 0. The lowest BCUT2D eigenvalue weighted by Gasteiger charge is -2.34. The molecule has 3 heteroatoms. The highest BCUT2D eigenvalue weighted by Gasteiger charge is 2.14.